The van der Waals surface area contributed by atoms with Gasteiger partial charge < -0.3 is 11.1 Å². The molecule has 2 aromatic carbocycles. The number of carbonyl (C=O) groups is 1. The molecule has 19 heavy (non-hydrogen) atoms. The molecule has 3 N–H and O–H groups in total. The predicted octanol–water partition coefficient (Wildman–Crippen LogP) is 3.90. The van der Waals surface area contributed by atoms with Gasteiger partial charge in [0.1, 0.15) is 0 Å². The highest BCUT2D eigenvalue weighted by atomic mass is 79.9. The van der Waals surface area contributed by atoms with Crippen LogP contribution in [0, 0.1) is 13.8 Å². The summed E-state index contributed by atoms with van der Waals surface area (Å²) in [6, 6.07) is 11.1. The first kappa shape index (κ1) is 13.6. The molecule has 0 radical (unpaired) electrons. The second-order valence-corrected chi connectivity index (χ2v) is 5.27. The zero-order valence-corrected chi connectivity index (χ0v) is 12.4. The number of amides is 1. The predicted molar refractivity (Wildman–Crippen MR) is 82.4 cm³/mol. The molecule has 1 amide bonds. The van der Waals surface area contributed by atoms with E-state index in [9.17, 15) is 4.79 Å². The molecule has 3 nitrogen and oxygen atoms in total. The lowest BCUT2D eigenvalue weighted by molar-refractivity contribution is 0.102. The lowest BCUT2D eigenvalue weighted by Crippen LogP contribution is -2.14. The number of nitrogen functional groups attached to an aromatic ring is 1. The van der Waals surface area contributed by atoms with E-state index in [4.69, 9.17) is 5.73 Å². The molecular formula is C15H15BrN2O. The minimum atomic E-state index is -0.175. The van der Waals surface area contributed by atoms with E-state index in [2.05, 4.69) is 21.2 Å². The van der Waals surface area contributed by atoms with E-state index in [1.54, 1.807) is 6.07 Å². The van der Waals surface area contributed by atoms with Crippen LogP contribution in [0.4, 0.5) is 11.4 Å². The first-order valence-corrected chi connectivity index (χ1v) is 6.71. The van der Waals surface area contributed by atoms with Crippen molar-refractivity contribution in [2.24, 2.45) is 0 Å². The maximum Gasteiger partial charge on any atom is 0.256 e. The largest absolute Gasteiger partial charge is 0.397 e. The zero-order valence-electron chi connectivity index (χ0n) is 10.8. The Labute approximate surface area is 121 Å². The van der Waals surface area contributed by atoms with Gasteiger partial charge in [-0.3, -0.25) is 4.79 Å². The van der Waals surface area contributed by atoms with Gasteiger partial charge in [-0.1, -0.05) is 18.2 Å². The Bertz CT molecular complexity index is 638. The summed E-state index contributed by atoms with van der Waals surface area (Å²) >= 11 is 3.43. The van der Waals surface area contributed by atoms with Crippen LogP contribution in [0.25, 0.3) is 0 Å². The number of nitrogens with one attached hydrogen (secondary N) is 1. The van der Waals surface area contributed by atoms with Gasteiger partial charge in [-0.15, -0.1) is 0 Å². The van der Waals surface area contributed by atoms with Crippen molar-refractivity contribution in [3.05, 3.63) is 57.6 Å². The number of hydrogen-bond acceptors (Lipinski definition) is 2. The van der Waals surface area contributed by atoms with E-state index < -0.39 is 0 Å². The summed E-state index contributed by atoms with van der Waals surface area (Å²) in [7, 11) is 0. The number of carbonyl (C=O) groups excluding carboxylic acids is 1. The van der Waals surface area contributed by atoms with E-state index in [0.717, 1.165) is 15.6 Å². The number of nitrogens with two attached hydrogens (primary N) is 1. The van der Waals surface area contributed by atoms with Gasteiger partial charge in [-0.05, 0) is 59.1 Å². The minimum absolute atomic E-state index is 0.175. The molecule has 0 bridgehead atoms. The zero-order chi connectivity index (χ0) is 14.0. The van der Waals surface area contributed by atoms with Gasteiger partial charge in [-0.25, -0.2) is 0 Å². The van der Waals surface area contributed by atoms with Crippen molar-refractivity contribution in [3.63, 3.8) is 0 Å². The first-order valence-electron chi connectivity index (χ1n) is 5.91. The van der Waals surface area contributed by atoms with Crippen LogP contribution in [0.3, 0.4) is 0 Å². The molecule has 0 unspecified atom stereocenters. The lowest BCUT2D eigenvalue weighted by atomic mass is 10.1. The number of rotatable bonds is 2. The van der Waals surface area contributed by atoms with Crippen LogP contribution in [-0.4, -0.2) is 5.91 Å². The third-order valence-electron chi connectivity index (χ3n) is 2.89. The van der Waals surface area contributed by atoms with E-state index in [1.807, 2.05) is 44.2 Å². The Kier molecular flexibility index (Phi) is 3.90. The molecule has 98 valence electrons. The molecule has 0 fully saturated rings. The molecule has 0 aliphatic carbocycles. The molecule has 0 atom stereocenters. The molecule has 0 saturated heterocycles. The highest BCUT2D eigenvalue weighted by Gasteiger charge is 2.12. The quantitative estimate of drug-likeness (QED) is 0.825. The fourth-order valence-corrected chi connectivity index (χ4v) is 2.25. The Morgan fingerprint density at radius 3 is 2.63 bits per heavy atom. The summed E-state index contributed by atoms with van der Waals surface area (Å²) in [5.41, 5.74) is 9.76. The fourth-order valence-electron chi connectivity index (χ4n) is 1.81. The Hall–Kier alpha value is -1.81. The van der Waals surface area contributed by atoms with Crippen molar-refractivity contribution in [2.45, 2.75) is 13.8 Å². The molecule has 2 rings (SSSR count). The fraction of sp³-hybridized carbons (Fsp3) is 0.133. The van der Waals surface area contributed by atoms with Crippen molar-refractivity contribution in [1.82, 2.24) is 0 Å². The van der Waals surface area contributed by atoms with E-state index in [0.29, 0.717) is 16.9 Å². The van der Waals surface area contributed by atoms with Gasteiger partial charge in [0.25, 0.3) is 5.91 Å². The van der Waals surface area contributed by atoms with Crippen molar-refractivity contribution in [2.75, 3.05) is 11.1 Å². The number of aryl methyl sites for hydroxylation is 2. The first-order chi connectivity index (χ1) is 8.99. The third kappa shape index (κ3) is 2.96. The van der Waals surface area contributed by atoms with Gasteiger partial charge in [0, 0.05) is 4.47 Å². The normalized spacial score (nSPS) is 10.3. The maximum absolute atomic E-state index is 12.2. The van der Waals surface area contributed by atoms with Gasteiger partial charge in [-0.2, -0.15) is 0 Å². The summed E-state index contributed by atoms with van der Waals surface area (Å²) < 4.78 is 0.804. The average Bonchev–Trinajstić information content (AvgIpc) is 2.36. The highest BCUT2D eigenvalue weighted by Crippen LogP contribution is 2.24. The number of hydrogen-bond donors (Lipinski definition) is 2. The van der Waals surface area contributed by atoms with Gasteiger partial charge in [0.15, 0.2) is 0 Å². The molecule has 0 aliphatic heterocycles. The van der Waals surface area contributed by atoms with Crippen LogP contribution in [0.5, 0.6) is 0 Å². The topological polar surface area (TPSA) is 55.1 Å². The SMILES string of the molecule is Cc1ccc(NC(=O)c2cccc(C)c2Br)c(N)c1. The van der Waals surface area contributed by atoms with Crippen LogP contribution in [0.2, 0.25) is 0 Å². The summed E-state index contributed by atoms with van der Waals surface area (Å²) in [6.07, 6.45) is 0. The van der Waals surface area contributed by atoms with Crippen LogP contribution in [0.15, 0.2) is 40.9 Å². The Balaban J connectivity index is 2.28. The van der Waals surface area contributed by atoms with E-state index in [-0.39, 0.29) is 5.91 Å². The summed E-state index contributed by atoms with van der Waals surface area (Å²) in [4.78, 5) is 12.2. The van der Waals surface area contributed by atoms with Gasteiger partial charge >= 0.3 is 0 Å². The number of anilines is 2. The highest BCUT2D eigenvalue weighted by molar-refractivity contribution is 9.10. The third-order valence-corrected chi connectivity index (χ3v) is 3.94. The molecule has 0 saturated carbocycles. The minimum Gasteiger partial charge on any atom is -0.397 e. The summed E-state index contributed by atoms with van der Waals surface area (Å²) in [5, 5.41) is 2.83. The molecule has 0 aromatic heterocycles. The van der Waals surface area contributed by atoms with Crippen molar-refractivity contribution in [1.29, 1.82) is 0 Å². The van der Waals surface area contributed by atoms with Crippen LogP contribution < -0.4 is 11.1 Å². The molecule has 0 aliphatic rings. The van der Waals surface area contributed by atoms with Crippen molar-refractivity contribution >= 4 is 33.2 Å². The lowest BCUT2D eigenvalue weighted by Gasteiger charge is -2.10. The van der Waals surface area contributed by atoms with E-state index >= 15 is 0 Å². The second-order valence-electron chi connectivity index (χ2n) is 4.48. The monoisotopic (exact) mass is 318 g/mol. The number of benzene rings is 2. The second kappa shape index (κ2) is 5.45. The van der Waals surface area contributed by atoms with Crippen LogP contribution in [0.1, 0.15) is 21.5 Å². The van der Waals surface area contributed by atoms with Crippen LogP contribution >= 0.6 is 15.9 Å². The molecule has 4 heteroatoms. The van der Waals surface area contributed by atoms with Gasteiger partial charge in [0.05, 0.1) is 16.9 Å². The number of halogens is 1. The molecule has 0 heterocycles. The summed E-state index contributed by atoms with van der Waals surface area (Å²) in [5.74, 6) is -0.175. The van der Waals surface area contributed by atoms with Crippen LogP contribution in [-0.2, 0) is 0 Å². The molecular weight excluding hydrogens is 304 g/mol. The Morgan fingerprint density at radius 1 is 1.21 bits per heavy atom. The summed E-state index contributed by atoms with van der Waals surface area (Å²) in [6.45, 7) is 3.90. The standard InChI is InChI=1S/C15H15BrN2O/c1-9-6-7-13(12(17)8-9)18-15(19)11-5-3-4-10(2)14(11)16/h3-8H,17H2,1-2H3,(H,18,19). The van der Waals surface area contributed by atoms with Crippen molar-refractivity contribution in [3.8, 4) is 0 Å². The van der Waals surface area contributed by atoms with E-state index in [1.165, 1.54) is 0 Å². The maximum atomic E-state index is 12.2. The molecule has 2 aromatic rings. The molecule has 0 spiro atoms. The Morgan fingerprint density at radius 2 is 1.95 bits per heavy atom. The van der Waals surface area contributed by atoms with Crippen molar-refractivity contribution < 1.29 is 4.79 Å². The smallest absolute Gasteiger partial charge is 0.256 e. The van der Waals surface area contributed by atoms with Gasteiger partial charge in [0.2, 0.25) is 0 Å². The average molecular weight is 319 g/mol.